The minimum Gasteiger partial charge on any atom is -0.486 e. The second kappa shape index (κ2) is 10.1. The number of halogens is 4. The van der Waals surface area contributed by atoms with Crippen LogP contribution >= 0.6 is 46.4 Å². The smallest absolute Gasteiger partial charge is 0.335 e. The lowest BCUT2D eigenvalue weighted by atomic mass is 10.0. The van der Waals surface area contributed by atoms with Crippen molar-refractivity contribution < 1.29 is 14.6 Å². The molecule has 0 atom stereocenters. The standard InChI is InChI=1S/C23H13Cl4NO3/c24-18-6-1-13(8-19(18)25)12-31-22-20(26)9-14(10-21(22)27)7-17(11-28)15-2-4-16(5-3-15)23(29)30/h1-10H,12H2,(H,29,30)/b17-7-. The highest BCUT2D eigenvalue weighted by atomic mass is 35.5. The van der Waals surface area contributed by atoms with Crippen LogP contribution in [0, 0.1) is 11.3 Å². The van der Waals surface area contributed by atoms with Gasteiger partial charge in [-0.2, -0.15) is 5.26 Å². The summed E-state index contributed by atoms with van der Waals surface area (Å²) in [6.45, 7) is 0.185. The van der Waals surface area contributed by atoms with Crippen molar-refractivity contribution in [3.63, 3.8) is 0 Å². The zero-order valence-corrected chi connectivity index (χ0v) is 18.7. The van der Waals surface area contributed by atoms with Gasteiger partial charge in [0, 0.05) is 0 Å². The minimum absolute atomic E-state index is 0.135. The predicted octanol–water partition coefficient (Wildman–Crippen LogP) is 7.64. The van der Waals surface area contributed by atoms with E-state index in [4.69, 9.17) is 56.2 Å². The van der Waals surface area contributed by atoms with Crippen LogP contribution in [0.5, 0.6) is 5.75 Å². The molecule has 156 valence electrons. The van der Waals surface area contributed by atoms with Gasteiger partial charge in [0.2, 0.25) is 0 Å². The predicted molar refractivity (Wildman–Crippen MR) is 124 cm³/mol. The highest BCUT2D eigenvalue weighted by Crippen LogP contribution is 2.36. The Labute approximate surface area is 198 Å². The Morgan fingerprint density at radius 3 is 2.06 bits per heavy atom. The van der Waals surface area contributed by atoms with E-state index in [9.17, 15) is 10.1 Å². The Balaban J connectivity index is 1.83. The highest BCUT2D eigenvalue weighted by molar-refractivity contribution is 6.42. The maximum Gasteiger partial charge on any atom is 0.335 e. The highest BCUT2D eigenvalue weighted by Gasteiger charge is 2.12. The van der Waals surface area contributed by atoms with Crippen molar-refractivity contribution in [3.05, 3.63) is 96.9 Å². The number of rotatable bonds is 6. The van der Waals surface area contributed by atoms with Crippen molar-refractivity contribution in [3.8, 4) is 11.8 Å². The van der Waals surface area contributed by atoms with Crippen LogP contribution in [0.15, 0.2) is 54.6 Å². The van der Waals surface area contributed by atoms with Crippen molar-refractivity contribution in [1.29, 1.82) is 5.26 Å². The van der Waals surface area contributed by atoms with Gasteiger partial charge in [-0.3, -0.25) is 0 Å². The Morgan fingerprint density at radius 1 is 0.903 bits per heavy atom. The molecule has 3 rings (SSSR count). The van der Waals surface area contributed by atoms with Gasteiger partial charge in [0.15, 0.2) is 5.75 Å². The van der Waals surface area contributed by atoms with Crippen molar-refractivity contribution >= 4 is 64.0 Å². The summed E-state index contributed by atoms with van der Waals surface area (Å²) in [7, 11) is 0. The molecule has 0 aliphatic carbocycles. The molecular weight excluding hydrogens is 480 g/mol. The zero-order chi connectivity index (χ0) is 22.5. The molecule has 3 aromatic carbocycles. The zero-order valence-electron chi connectivity index (χ0n) is 15.7. The maximum absolute atomic E-state index is 11.0. The van der Waals surface area contributed by atoms with E-state index < -0.39 is 5.97 Å². The number of ether oxygens (including phenoxy) is 1. The van der Waals surface area contributed by atoms with E-state index in [1.165, 1.54) is 12.1 Å². The lowest BCUT2D eigenvalue weighted by molar-refractivity contribution is 0.0697. The van der Waals surface area contributed by atoms with Crippen LogP contribution in [-0.2, 0) is 6.61 Å². The fourth-order valence-electron chi connectivity index (χ4n) is 2.72. The number of allylic oxidation sites excluding steroid dienone is 1. The molecule has 8 heteroatoms. The number of nitrogens with zero attached hydrogens (tertiary/aromatic N) is 1. The summed E-state index contributed by atoms with van der Waals surface area (Å²) in [4.78, 5) is 11.0. The van der Waals surface area contributed by atoms with E-state index in [1.54, 1.807) is 48.5 Å². The molecule has 4 nitrogen and oxygen atoms in total. The van der Waals surface area contributed by atoms with Gasteiger partial charge in [0.1, 0.15) is 6.61 Å². The first-order valence-electron chi connectivity index (χ1n) is 8.80. The van der Waals surface area contributed by atoms with Crippen molar-refractivity contribution in [2.24, 2.45) is 0 Å². The molecule has 0 saturated carbocycles. The second-order valence-electron chi connectivity index (χ2n) is 6.40. The number of carboxylic acids is 1. The molecule has 31 heavy (non-hydrogen) atoms. The first-order valence-corrected chi connectivity index (χ1v) is 10.3. The third-order valence-corrected chi connectivity index (χ3v) is 5.56. The summed E-state index contributed by atoms with van der Waals surface area (Å²) in [5.41, 5.74) is 2.42. The van der Waals surface area contributed by atoms with Gasteiger partial charge in [-0.25, -0.2) is 4.79 Å². The SMILES string of the molecule is N#C/C(=C/c1cc(Cl)c(OCc2ccc(Cl)c(Cl)c2)c(Cl)c1)c1ccc(C(=O)O)cc1. The van der Waals surface area contributed by atoms with Crippen LogP contribution in [0.3, 0.4) is 0 Å². The molecule has 0 radical (unpaired) electrons. The summed E-state index contributed by atoms with van der Waals surface area (Å²) in [6, 6.07) is 16.5. The number of hydrogen-bond acceptors (Lipinski definition) is 3. The van der Waals surface area contributed by atoms with Crippen LogP contribution in [0.2, 0.25) is 20.1 Å². The number of carbonyl (C=O) groups is 1. The first-order chi connectivity index (χ1) is 14.8. The minimum atomic E-state index is -1.04. The molecule has 0 amide bonds. The molecule has 0 aliphatic heterocycles. The van der Waals surface area contributed by atoms with Crippen LogP contribution in [-0.4, -0.2) is 11.1 Å². The van der Waals surface area contributed by atoms with Crippen molar-refractivity contribution in [2.75, 3.05) is 0 Å². The van der Waals surface area contributed by atoms with Crippen molar-refractivity contribution in [2.45, 2.75) is 6.61 Å². The van der Waals surface area contributed by atoms with Gasteiger partial charge in [0.25, 0.3) is 0 Å². The summed E-state index contributed by atoms with van der Waals surface area (Å²) < 4.78 is 5.75. The normalized spacial score (nSPS) is 11.1. The van der Waals surface area contributed by atoms with E-state index in [0.29, 0.717) is 32.5 Å². The van der Waals surface area contributed by atoms with E-state index in [2.05, 4.69) is 6.07 Å². The maximum atomic E-state index is 11.0. The average Bonchev–Trinajstić information content (AvgIpc) is 2.74. The van der Waals surface area contributed by atoms with E-state index in [-0.39, 0.29) is 22.2 Å². The second-order valence-corrected chi connectivity index (χ2v) is 8.03. The third kappa shape index (κ3) is 5.72. The summed E-state index contributed by atoms with van der Waals surface area (Å²) in [5, 5.41) is 19.9. The molecule has 0 bridgehead atoms. The van der Waals surface area contributed by atoms with E-state index in [1.807, 2.05) is 0 Å². The van der Waals surface area contributed by atoms with Gasteiger partial charge < -0.3 is 9.84 Å². The van der Waals surface area contributed by atoms with Gasteiger partial charge in [-0.1, -0.05) is 64.6 Å². The van der Waals surface area contributed by atoms with E-state index >= 15 is 0 Å². The van der Waals surface area contributed by atoms with Gasteiger partial charge in [0.05, 0.1) is 37.3 Å². The van der Waals surface area contributed by atoms with Crippen LogP contribution in [0.1, 0.15) is 27.0 Å². The quantitative estimate of drug-likeness (QED) is 0.283. The van der Waals surface area contributed by atoms with Crippen molar-refractivity contribution in [1.82, 2.24) is 0 Å². The number of carboxylic acid groups (broad SMARTS) is 1. The van der Waals surface area contributed by atoms with Gasteiger partial charge >= 0.3 is 5.97 Å². The number of nitriles is 1. The van der Waals surface area contributed by atoms with Gasteiger partial charge in [-0.05, 0) is 59.2 Å². The number of hydrogen-bond donors (Lipinski definition) is 1. The molecule has 0 saturated heterocycles. The monoisotopic (exact) mass is 491 g/mol. The molecule has 0 spiro atoms. The molecular formula is C23H13Cl4NO3. The average molecular weight is 493 g/mol. The Kier molecular flexibility index (Phi) is 7.48. The molecule has 0 unspecified atom stereocenters. The Morgan fingerprint density at radius 2 is 1.52 bits per heavy atom. The van der Waals surface area contributed by atoms with Crippen LogP contribution in [0.25, 0.3) is 11.6 Å². The fraction of sp³-hybridized carbons (Fsp3) is 0.0435. The third-order valence-electron chi connectivity index (χ3n) is 4.26. The number of aromatic carboxylic acids is 1. The molecule has 0 aliphatic rings. The molecule has 0 heterocycles. The van der Waals surface area contributed by atoms with Crippen LogP contribution < -0.4 is 4.74 Å². The molecule has 1 N–H and O–H groups in total. The van der Waals surface area contributed by atoms with Crippen LogP contribution in [0.4, 0.5) is 0 Å². The Hall–Kier alpha value is -2.68. The summed E-state index contributed by atoms with van der Waals surface area (Å²) >= 11 is 24.6. The summed E-state index contributed by atoms with van der Waals surface area (Å²) in [5.74, 6) is -0.736. The fourth-order valence-corrected chi connectivity index (χ4v) is 3.66. The summed E-state index contributed by atoms with van der Waals surface area (Å²) in [6.07, 6.45) is 1.61. The Bertz CT molecular complexity index is 1190. The molecule has 0 aromatic heterocycles. The molecule has 0 fully saturated rings. The lowest BCUT2D eigenvalue weighted by Crippen LogP contribution is -1.97. The van der Waals surface area contributed by atoms with Gasteiger partial charge in [-0.15, -0.1) is 0 Å². The largest absolute Gasteiger partial charge is 0.486 e. The lowest BCUT2D eigenvalue weighted by Gasteiger charge is -2.12. The number of benzene rings is 3. The topological polar surface area (TPSA) is 70.3 Å². The van der Waals surface area contributed by atoms with E-state index in [0.717, 1.165) is 5.56 Å². The first kappa shape index (κ1) is 23.0. The molecule has 3 aromatic rings.